The van der Waals surface area contributed by atoms with Crippen molar-refractivity contribution >= 4 is 22.8 Å². The minimum absolute atomic E-state index is 0.0470. The van der Waals surface area contributed by atoms with Gasteiger partial charge in [-0.25, -0.2) is 4.79 Å². The Morgan fingerprint density at radius 2 is 2.04 bits per heavy atom. The van der Waals surface area contributed by atoms with Crippen LogP contribution in [0.25, 0.3) is 17.0 Å². The summed E-state index contributed by atoms with van der Waals surface area (Å²) in [5.41, 5.74) is 0.231. The van der Waals surface area contributed by atoms with Crippen LogP contribution in [0.5, 0.6) is 11.5 Å². The summed E-state index contributed by atoms with van der Waals surface area (Å²) in [6.07, 6.45) is 4.98. The fourth-order valence-electron chi connectivity index (χ4n) is 3.18. The second-order valence-electron chi connectivity index (χ2n) is 7.16. The maximum Gasteiger partial charge on any atom is 0.336 e. The summed E-state index contributed by atoms with van der Waals surface area (Å²) in [6.45, 7) is 11.0. The Hall–Kier alpha value is -2.82. The molecule has 1 aliphatic heterocycles. The quantitative estimate of drug-likeness (QED) is 0.500. The van der Waals surface area contributed by atoms with Crippen LogP contribution in [0.15, 0.2) is 33.5 Å². The largest absolute Gasteiger partial charge is 0.506 e. The van der Waals surface area contributed by atoms with Crippen LogP contribution in [0.2, 0.25) is 0 Å². The highest BCUT2D eigenvalue weighted by Gasteiger charge is 2.32. The van der Waals surface area contributed by atoms with Gasteiger partial charge >= 0.3 is 5.63 Å². The molecule has 5 nitrogen and oxygen atoms in total. The van der Waals surface area contributed by atoms with Crippen molar-refractivity contribution in [2.75, 3.05) is 0 Å². The standard InChI is InChI=1S/C21H22O5/c1-6-7-12-10-14(22)25-20-15(12)19-13(8-9-21(4,5)26-19)18(24)16(20)17(23)11(2)3/h8-10,24H,2,6-7H2,1,3-5H3. The molecular formula is C21H22O5. The Balaban J connectivity index is 2.54. The Kier molecular flexibility index (Phi) is 4.26. The van der Waals surface area contributed by atoms with E-state index in [-0.39, 0.29) is 22.5 Å². The number of aromatic hydroxyl groups is 1. The van der Waals surface area contributed by atoms with Crippen LogP contribution in [0.3, 0.4) is 0 Å². The first-order chi connectivity index (χ1) is 12.2. The van der Waals surface area contributed by atoms with Gasteiger partial charge in [-0.1, -0.05) is 19.9 Å². The van der Waals surface area contributed by atoms with E-state index in [0.717, 1.165) is 12.0 Å². The van der Waals surface area contributed by atoms with Crippen molar-refractivity contribution in [1.82, 2.24) is 0 Å². The van der Waals surface area contributed by atoms with Gasteiger partial charge in [0.25, 0.3) is 0 Å². The maximum atomic E-state index is 12.7. The molecule has 0 spiro atoms. The molecule has 1 aromatic carbocycles. The highest BCUT2D eigenvalue weighted by Crippen LogP contribution is 2.46. The van der Waals surface area contributed by atoms with Crippen LogP contribution in [-0.2, 0) is 6.42 Å². The number of ketones is 1. The Morgan fingerprint density at radius 3 is 2.65 bits per heavy atom. The van der Waals surface area contributed by atoms with E-state index in [1.807, 2.05) is 26.8 Å². The van der Waals surface area contributed by atoms with E-state index in [4.69, 9.17) is 9.15 Å². The van der Waals surface area contributed by atoms with Crippen molar-refractivity contribution in [3.05, 3.63) is 51.4 Å². The SMILES string of the molecule is C=C(C)C(=O)c1c(O)c2c(c3c(CCC)cc(=O)oc13)OC(C)(C)C=C2. The summed E-state index contributed by atoms with van der Waals surface area (Å²) < 4.78 is 11.5. The number of phenols is 1. The van der Waals surface area contributed by atoms with Crippen LogP contribution in [0, 0.1) is 0 Å². The summed E-state index contributed by atoms with van der Waals surface area (Å²) in [5, 5.41) is 11.3. The van der Waals surface area contributed by atoms with Crippen LogP contribution in [0.4, 0.5) is 0 Å². The molecule has 3 rings (SSSR count). The van der Waals surface area contributed by atoms with Gasteiger partial charge in [0.15, 0.2) is 11.4 Å². The topological polar surface area (TPSA) is 76.7 Å². The molecule has 0 atom stereocenters. The lowest BCUT2D eigenvalue weighted by Gasteiger charge is -2.30. The highest BCUT2D eigenvalue weighted by molar-refractivity contribution is 6.18. The van der Waals surface area contributed by atoms with E-state index < -0.39 is 17.0 Å². The number of allylic oxidation sites excluding steroid dienone is 1. The molecule has 0 saturated heterocycles. The third-order valence-corrected chi connectivity index (χ3v) is 4.38. The number of ether oxygens (including phenoxy) is 1. The first-order valence-electron chi connectivity index (χ1n) is 8.60. The summed E-state index contributed by atoms with van der Waals surface area (Å²) in [5.74, 6) is -0.301. The summed E-state index contributed by atoms with van der Waals surface area (Å²) in [4.78, 5) is 24.8. The van der Waals surface area contributed by atoms with Crippen molar-refractivity contribution in [3.8, 4) is 11.5 Å². The molecule has 1 N–H and O–H groups in total. The Morgan fingerprint density at radius 1 is 1.35 bits per heavy atom. The zero-order chi connectivity index (χ0) is 19.2. The molecule has 0 unspecified atom stereocenters. The van der Waals surface area contributed by atoms with E-state index in [9.17, 15) is 14.7 Å². The summed E-state index contributed by atoms with van der Waals surface area (Å²) in [6, 6.07) is 1.42. The molecule has 26 heavy (non-hydrogen) atoms. The van der Waals surface area contributed by atoms with Gasteiger partial charge in [-0.15, -0.1) is 0 Å². The third-order valence-electron chi connectivity index (χ3n) is 4.38. The van der Waals surface area contributed by atoms with Gasteiger partial charge in [-0.05, 0) is 50.5 Å². The lowest BCUT2D eigenvalue weighted by atomic mass is 9.91. The minimum atomic E-state index is -0.591. The number of Topliss-reactive ketones (excluding diaryl/α,β-unsaturated/α-hetero) is 1. The fraction of sp³-hybridized carbons (Fsp3) is 0.333. The molecule has 0 fully saturated rings. The van der Waals surface area contributed by atoms with Gasteiger partial charge < -0.3 is 14.3 Å². The average Bonchev–Trinajstić information content (AvgIpc) is 2.53. The Bertz CT molecular complexity index is 1020. The van der Waals surface area contributed by atoms with Gasteiger partial charge in [0, 0.05) is 6.07 Å². The molecule has 5 heteroatoms. The van der Waals surface area contributed by atoms with Crippen molar-refractivity contribution in [1.29, 1.82) is 0 Å². The zero-order valence-corrected chi connectivity index (χ0v) is 15.4. The summed E-state index contributed by atoms with van der Waals surface area (Å²) >= 11 is 0. The maximum absolute atomic E-state index is 12.7. The van der Waals surface area contributed by atoms with E-state index in [1.54, 1.807) is 13.0 Å². The number of carbonyl (C=O) groups excluding carboxylic acids is 1. The first kappa shape index (κ1) is 18.0. The monoisotopic (exact) mass is 354 g/mol. The lowest BCUT2D eigenvalue weighted by molar-refractivity contribution is 0.103. The van der Waals surface area contributed by atoms with Gasteiger partial charge in [0.2, 0.25) is 0 Å². The second kappa shape index (κ2) is 6.16. The average molecular weight is 354 g/mol. The van der Waals surface area contributed by atoms with Crippen LogP contribution in [-0.4, -0.2) is 16.5 Å². The first-order valence-corrected chi connectivity index (χ1v) is 8.60. The number of benzene rings is 1. The Labute approximate surface area is 151 Å². The molecule has 0 saturated carbocycles. The minimum Gasteiger partial charge on any atom is -0.506 e. The lowest BCUT2D eigenvalue weighted by Crippen LogP contribution is -2.28. The summed E-state index contributed by atoms with van der Waals surface area (Å²) in [7, 11) is 0. The van der Waals surface area contributed by atoms with Crippen LogP contribution >= 0.6 is 0 Å². The number of rotatable bonds is 4. The van der Waals surface area contributed by atoms with Gasteiger partial charge in [0.1, 0.15) is 22.7 Å². The van der Waals surface area contributed by atoms with Crippen molar-refractivity contribution in [2.24, 2.45) is 0 Å². The van der Waals surface area contributed by atoms with Crippen LogP contribution in [0.1, 0.15) is 55.6 Å². The van der Waals surface area contributed by atoms with Crippen molar-refractivity contribution in [2.45, 2.75) is 46.1 Å². The molecule has 1 aliphatic rings. The molecule has 0 radical (unpaired) electrons. The van der Waals surface area contributed by atoms with E-state index in [2.05, 4.69) is 6.58 Å². The zero-order valence-electron chi connectivity index (χ0n) is 15.4. The van der Waals surface area contributed by atoms with E-state index in [0.29, 0.717) is 23.1 Å². The molecule has 1 aromatic heterocycles. The van der Waals surface area contributed by atoms with Crippen molar-refractivity contribution in [3.63, 3.8) is 0 Å². The van der Waals surface area contributed by atoms with Crippen molar-refractivity contribution < 1.29 is 19.1 Å². The molecule has 0 aliphatic carbocycles. The van der Waals surface area contributed by atoms with E-state index >= 15 is 0 Å². The highest BCUT2D eigenvalue weighted by atomic mass is 16.5. The van der Waals surface area contributed by atoms with E-state index in [1.165, 1.54) is 6.07 Å². The molecule has 2 heterocycles. The number of hydrogen-bond donors (Lipinski definition) is 1. The molecule has 0 bridgehead atoms. The predicted molar refractivity (Wildman–Crippen MR) is 101 cm³/mol. The molecule has 136 valence electrons. The number of hydrogen-bond acceptors (Lipinski definition) is 5. The smallest absolute Gasteiger partial charge is 0.336 e. The number of carbonyl (C=O) groups is 1. The van der Waals surface area contributed by atoms with Gasteiger partial charge in [-0.2, -0.15) is 0 Å². The molecular weight excluding hydrogens is 332 g/mol. The van der Waals surface area contributed by atoms with Crippen LogP contribution < -0.4 is 10.4 Å². The third kappa shape index (κ3) is 2.83. The second-order valence-corrected chi connectivity index (χ2v) is 7.16. The molecule has 2 aromatic rings. The number of phenolic OH excluding ortho intramolecular Hbond substituents is 1. The predicted octanol–water partition coefficient (Wildman–Crippen LogP) is 4.39. The van der Waals surface area contributed by atoms with Gasteiger partial charge in [0.05, 0.1) is 10.9 Å². The normalized spacial score (nSPS) is 14.8. The number of aryl methyl sites for hydroxylation is 1. The number of fused-ring (bicyclic) bond motifs is 3. The molecule has 0 amide bonds. The fourth-order valence-corrected chi connectivity index (χ4v) is 3.18. The van der Waals surface area contributed by atoms with Gasteiger partial charge in [-0.3, -0.25) is 4.79 Å².